The third-order valence-electron chi connectivity index (χ3n) is 5.00. The quantitative estimate of drug-likeness (QED) is 0.514. The number of carboxylic acid groups (broad SMARTS) is 1. The first kappa shape index (κ1) is 21.2. The molecule has 2 atom stereocenters. The van der Waals surface area contributed by atoms with Gasteiger partial charge in [0, 0.05) is 6.07 Å². The van der Waals surface area contributed by atoms with Crippen LogP contribution >= 0.6 is 0 Å². The number of aryl methyl sites for hydroxylation is 1. The van der Waals surface area contributed by atoms with Crippen LogP contribution in [-0.2, 0) is 0 Å². The van der Waals surface area contributed by atoms with Crippen LogP contribution in [0.15, 0.2) is 18.3 Å². The predicted octanol–water partition coefficient (Wildman–Crippen LogP) is 3.92. The van der Waals surface area contributed by atoms with Crippen LogP contribution in [0.5, 0.6) is 0 Å². The molecule has 30 heavy (non-hydrogen) atoms. The molecule has 1 aliphatic rings. The summed E-state index contributed by atoms with van der Waals surface area (Å²) in [5.41, 5.74) is 0.425. The molecule has 1 aliphatic carbocycles. The molecule has 158 valence electrons. The smallest absolute Gasteiger partial charge is 0.404 e. The Kier molecular flexibility index (Phi) is 6.30. The molecule has 3 rings (SSSR count). The van der Waals surface area contributed by atoms with E-state index in [0.717, 1.165) is 18.9 Å². The average Bonchev–Trinajstić information content (AvgIpc) is 3.54. The van der Waals surface area contributed by atoms with Crippen LogP contribution in [-0.4, -0.2) is 33.3 Å². The van der Waals surface area contributed by atoms with Gasteiger partial charge in [0.2, 0.25) is 0 Å². The van der Waals surface area contributed by atoms with Crippen molar-refractivity contribution in [1.29, 1.82) is 5.26 Å². The Morgan fingerprint density at radius 1 is 1.33 bits per heavy atom. The zero-order valence-corrected chi connectivity index (χ0v) is 16.5. The third-order valence-corrected chi connectivity index (χ3v) is 5.00. The normalized spacial score (nSPS) is 15.0. The number of nitriles is 1. The van der Waals surface area contributed by atoms with Crippen molar-refractivity contribution < 1.29 is 18.7 Å². The number of rotatable bonds is 8. The molecule has 0 bridgehead atoms. The van der Waals surface area contributed by atoms with Crippen LogP contribution in [0.2, 0.25) is 0 Å². The van der Waals surface area contributed by atoms with Crippen LogP contribution in [0.3, 0.4) is 0 Å². The minimum absolute atomic E-state index is 0.0419. The molecule has 2 heterocycles. The number of halogens is 2. The second-order valence-corrected chi connectivity index (χ2v) is 7.21. The minimum Gasteiger partial charge on any atom is -0.465 e. The summed E-state index contributed by atoms with van der Waals surface area (Å²) >= 11 is 0. The van der Waals surface area contributed by atoms with E-state index in [1.54, 1.807) is 0 Å². The van der Waals surface area contributed by atoms with E-state index in [1.165, 1.54) is 19.2 Å². The topological polar surface area (TPSA) is 123 Å². The Morgan fingerprint density at radius 2 is 2.07 bits per heavy atom. The van der Waals surface area contributed by atoms with Gasteiger partial charge in [-0.15, -0.1) is 0 Å². The highest BCUT2D eigenvalue weighted by Gasteiger charge is 2.37. The molecule has 0 saturated heterocycles. The van der Waals surface area contributed by atoms with Crippen molar-refractivity contribution in [2.24, 2.45) is 5.92 Å². The lowest BCUT2D eigenvalue weighted by Gasteiger charge is -2.28. The minimum atomic E-state index is -1.15. The van der Waals surface area contributed by atoms with Crippen molar-refractivity contribution in [1.82, 2.24) is 15.3 Å². The molecule has 4 N–H and O–H groups in total. The first-order chi connectivity index (χ1) is 14.3. The molecule has 1 amide bonds. The fourth-order valence-corrected chi connectivity index (χ4v) is 3.25. The van der Waals surface area contributed by atoms with Crippen LogP contribution in [0.25, 0.3) is 0 Å². The van der Waals surface area contributed by atoms with Gasteiger partial charge in [-0.1, -0.05) is 6.92 Å². The lowest BCUT2D eigenvalue weighted by molar-refractivity contribution is 0.187. The molecule has 1 saturated carbocycles. The van der Waals surface area contributed by atoms with Crippen molar-refractivity contribution >= 4 is 23.4 Å². The highest BCUT2D eigenvalue weighted by atomic mass is 19.1. The maximum Gasteiger partial charge on any atom is 0.404 e. The SMILES string of the molecule is CC[C@H](NC(=O)O)[C@H](Nc1nc(Nc2cnc(C)c(F)c2)c(C#N)cc1F)C1CC1. The first-order valence-electron chi connectivity index (χ1n) is 9.58. The number of hydrogen-bond acceptors (Lipinski definition) is 6. The molecule has 0 unspecified atom stereocenters. The molecule has 0 radical (unpaired) electrons. The Labute approximate surface area is 172 Å². The molecule has 0 aromatic carbocycles. The lowest BCUT2D eigenvalue weighted by atomic mass is 10.0. The van der Waals surface area contributed by atoms with Gasteiger partial charge in [0.25, 0.3) is 0 Å². The molecular weight excluding hydrogens is 394 g/mol. The number of nitrogens with zero attached hydrogens (tertiary/aromatic N) is 3. The second-order valence-electron chi connectivity index (χ2n) is 7.21. The number of anilines is 3. The molecule has 0 aliphatic heterocycles. The van der Waals surface area contributed by atoms with Gasteiger partial charge in [0.15, 0.2) is 17.5 Å². The number of aromatic nitrogens is 2. The van der Waals surface area contributed by atoms with Crippen LogP contribution in [0.1, 0.15) is 37.4 Å². The van der Waals surface area contributed by atoms with E-state index in [0.29, 0.717) is 6.42 Å². The van der Waals surface area contributed by atoms with E-state index in [1.807, 2.05) is 13.0 Å². The van der Waals surface area contributed by atoms with Crippen molar-refractivity contribution in [3.05, 3.63) is 41.2 Å². The number of carbonyl (C=O) groups is 1. The monoisotopic (exact) mass is 416 g/mol. The molecule has 1 fully saturated rings. The van der Waals surface area contributed by atoms with Crippen molar-refractivity contribution in [3.8, 4) is 6.07 Å². The maximum absolute atomic E-state index is 14.6. The number of amides is 1. The van der Waals surface area contributed by atoms with Gasteiger partial charge in [0.05, 0.1) is 35.2 Å². The molecule has 10 heteroatoms. The Morgan fingerprint density at radius 3 is 2.63 bits per heavy atom. The van der Waals surface area contributed by atoms with Crippen LogP contribution in [0.4, 0.5) is 30.9 Å². The first-order valence-corrected chi connectivity index (χ1v) is 9.58. The van der Waals surface area contributed by atoms with E-state index >= 15 is 0 Å². The van der Waals surface area contributed by atoms with E-state index < -0.39 is 23.8 Å². The summed E-state index contributed by atoms with van der Waals surface area (Å²) in [5, 5.41) is 26.7. The molecule has 0 spiro atoms. The fraction of sp³-hybridized carbons (Fsp3) is 0.400. The summed E-state index contributed by atoms with van der Waals surface area (Å²) in [7, 11) is 0. The Hall–Kier alpha value is -3.48. The van der Waals surface area contributed by atoms with Gasteiger partial charge >= 0.3 is 6.09 Å². The summed E-state index contributed by atoms with van der Waals surface area (Å²) < 4.78 is 28.4. The van der Waals surface area contributed by atoms with E-state index in [-0.39, 0.29) is 40.5 Å². The Balaban J connectivity index is 1.90. The largest absolute Gasteiger partial charge is 0.465 e. The second kappa shape index (κ2) is 8.90. The third kappa shape index (κ3) is 4.92. The molecule has 2 aromatic rings. The van der Waals surface area contributed by atoms with E-state index in [9.17, 15) is 18.8 Å². The van der Waals surface area contributed by atoms with Crippen molar-refractivity contribution in [2.45, 2.75) is 45.2 Å². The summed E-state index contributed by atoms with van der Waals surface area (Å²) in [6.45, 7) is 3.36. The zero-order valence-electron chi connectivity index (χ0n) is 16.5. The number of nitrogens with one attached hydrogen (secondary N) is 3. The highest BCUT2D eigenvalue weighted by molar-refractivity contribution is 5.66. The van der Waals surface area contributed by atoms with Gasteiger partial charge in [-0.3, -0.25) is 4.98 Å². The number of pyridine rings is 2. The van der Waals surface area contributed by atoms with Gasteiger partial charge < -0.3 is 21.1 Å². The summed E-state index contributed by atoms with van der Waals surface area (Å²) in [5.74, 6) is -1.15. The molecule has 8 nitrogen and oxygen atoms in total. The number of hydrogen-bond donors (Lipinski definition) is 4. The predicted molar refractivity (Wildman–Crippen MR) is 106 cm³/mol. The van der Waals surface area contributed by atoms with Crippen molar-refractivity contribution in [2.75, 3.05) is 10.6 Å². The summed E-state index contributed by atoms with van der Waals surface area (Å²) in [4.78, 5) is 19.2. The van der Waals surface area contributed by atoms with Gasteiger partial charge in [-0.2, -0.15) is 5.26 Å². The fourth-order valence-electron chi connectivity index (χ4n) is 3.25. The standard InChI is InChI=1S/C20H22F2N6O2/c1-3-16(26-20(29)30)17(11-4-5-11)27-19-15(22)6-12(8-23)18(28-19)25-13-7-14(21)10(2)24-9-13/h6-7,9,11,16-17,26H,3-5H2,1-2H3,(H,29,30)(H2,25,27,28)/t16-,17+/m0/s1. The Bertz CT molecular complexity index is 990. The lowest BCUT2D eigenvalue weighted by Crippen LogP contribution is -2.47. The highest BCUT2D eigenvalue weighted by Crippen LogP contribution is 2.37. The van der Waals surface area contributed by atoms with Gasteiger partial charge in [0.1, 0.15) is 11.9 Å². The summed E-state index contributed by atoms with van der Waals surface area (Å²) in [6, 6.07) is 3.32. The van der Waals surface area contributed by atoms with Crippen LogP contribution in [0, 0.1) is 35.8 Å². The van der Waals surface area contributed by atoms with Crippen molar-refractivity contribution in [3.63, 3.8) is 0 Å². The van der Waals surface area contributed by atoms with E-state index in [4.69, 9.17) is 5.11 Å². The summed E-state index contributed by atoms with van der Waals surface area (Å²) in [6.07, 6.45) is 2.53. The zero-order chi connectivity index (χ0) is 21.8. The van der Waals surface area contributed by atoms with E-state index in [2.05, 4.69) is 25.9 Å². The van der Waals surface area contributed by atoms with Gasteiger partial charge in [-0.05, 0) is 38.2 Å². The van der Waals surface area contributed by atoms with Gasteiger partial charge in [-0.25, -0.2) is 18.6 Å². The molecule has 2 aromatic heterocycles. The van der Waals surface area contributed by atoms with Crippen LogP contribution < -0.4 is 16.0 Å². The average molecular weight is 416 g/mol. The maximum atomic E-state index is 14.6. The molecular formula is C20H22F2N6O2.